The number of aromatic nitrogens is 2. The minimum Gasteiger partial charge on any atom is -0.497 e. The second-order valence-electron chi connectivity index (χ2n) is 6.50. The van der Waals surface area contributed by atoms with Crippen LogP contribution in [0.2, 0.25) is 0 Å². The summed E-state index contributed by atoms with van der Waals surface area (Å²) >= 11 is 1.21. The van der Waals surface area contributed by atoms with Gasteiger partial charge in [0.15, 0.2) is 10.9 Å². The SMILES string of the molecule is COc1ccc(C(=O)Cc2sc(Nc3ccc4ccccc4n3)nc2C(N)=O)cc1. The van der Waals surface area contributed by atoms with E-state index in [4.69, 9.17) is 10.5 Å². The van der Waals surface area contributed by atoms with E-state index in [2.05, 4.69) is 15.3 Å². The smallest absolute Gasteiger partial charge is 0.268 e. The largest absolute Gasteiger partial charge is 0.497 e. The maximum absolute atomic E-state index is 12.7. The average molecular weight is 418 g/mol. The van der Waals surface area contributed by atoms with Crippen LogP contribution < -0.4 is 15.8 Å². The molecule has 2 heterocycles. The van der Waals surface area contributed by atoms with Gasteiger partial charge in [0.1, 0.15) is 17.3 Å². The summed E-state index contributed by atoms with van der Waals surface area (Å²) in [6, 6.07) is 18.3. The Morgan fingerprint density at radius 1 is 1.03 bits per heavy atom. The Bertz CT molecular complexity index is 1230. The average Bonchev–Trinajstić information content (AvgIpc) is 3.16. The molecule has 4 aromatic rings. The first-order chi connectivity index (χ1) is 14.5. The molecule has 0 spiro atoms. The van der Waals surface area contributed by atoms with Crippen molar-refractivity contribution in [3.05, 3.63) is 76.8 Å². The lowest BCUT2D eigenvalue weighted by Gasteiger charge is -2.03. The zero-order valence-electron chi connectivity index (χ0n) is 16.1. The van der Waals surface area contributed by atoms with Crippen molar-refractivity contribution < 1.29 is 14.3 Å². The third-order valence-corrected chi connectivity index (χ3v) is 5.47. The monoisotopic (exact) mass is 418 g/mol. The quantitative estimate of drug-likeness (QED) is 0.440. The first-order valence-corrected chi connectivity index (χ1v) is 9.94. The highest BCUT2D eigenvalue weighted by Gasteiger charge is 2.19. The molecule has 4 rings (SSSR count). The van der Waals surface area contributed by atoms with Gasteiger partial charge in [-0.25, -0.2) is 9.97 Å². The number of fused-ring (bicyclic) bond motifs is 1. The maximum atomic E-state index is 12.7. The molecular formula is C22H18N4O3S. The standard InChI is InChI=1S/C22H18N4O3S/c1-29-15-9-6-14(7-10-15)17(27)12-18-20(21(23)28)26-22(30-18)25-19-11-8-13-4-2-3-5-16(13)24-19/h2-11H,12H2,1H3,(H2,23,28)(H,24,25,26). The van der Waals surface area contributed by atoms with Gasteiger partial charge in [-0.05, 0) is 42.5 Å². The highest BCUT2D eigenvalue weighted by molar-refractivity contribution is 7.16. The molecule has 7 nitrogen and oxygen atoms in total. The third kappa shape index (κ3) is 4.13. The number of para-hydroxylation sites is 1. The lowest BCUT2D eigenvalue weighted by Crippen LogP contribution is -2.15. The molecule has 0 saturated heterocycles. The van der Waals surface area contributed by atoms with Crippen LogP contribution in [0.1, 0.15) is 25.7 Å². The van der Waals surface area contributed by atoms with E-state index in [1.54, 1.807) is 31.4 Å². The van der Waals surface area contributed by atoms with Crippen molar-refractivity contribution in [2.75, 3.05) is 12.4 Å². The first kappa shape index (κ1) is 19.5. The predicted octanol–water partition coefficient (Wildman–Crippen LogP) is 3.97. The Balaban J connectivity index is 1.57. The van der Waals surface area contributed by atoms with Gasteiger partial charge in [-0.15, -0.1) is 11.3 Å². The number of ketones is 1. The van der Waals surface area contributed by atoms with Crippen molar-refractivity contribution in [1.82, 2.24) is 9.97 Å². The van der Waals surface area contributed by atoms with Crippen molar-refractivity contribution in [3.8, 4) is 5.75 Å². The summed E-state index contributed by atoms with van der Waals surface area (Å²) in [5, 5.41) is 4.57. The van der Waals surface area contributed by atoms with Crippen LogP contribution in [0, 0.1) is 0 Å². The van der Waals surface area contributed by atoms with Crippen LogP contribution in [0.3, 0.4) is 0 Å². The molecule has 0 radical (unpaired) electrons. The number of hydrogen-bond donors (Lipinski definition) is 2. The van der Waals surface area contributed by atoms with Crippen molar-refractivity contribution in [3.63, 3.8) is 0 Å². The number of hydrogen-bond acceptors (Lipinski definition) is 7. The summed E-state index contributed by atoms with van der Waals surface area (Å²) in [6.45, 7) is 0. The highest BCUT2D eigenvalue weighted by atomic mass is 32.1. The molecule has 150 valence electrons. The molecular weight excluding hydrogens is 400 g/mol. The van der Waals surface area contributed by atoms with E-state index in [1.807, 2.05) is 36.4 Å². The number of methoxy groups -OCH3 is 1. The number of carbonyl (C=O) groups is 2. The predicted molar refractivity (Wildman–Crippen MR) is 117 cm³/mol. The summed E-state index contributed by atoms with van der Waals surface area (Å²) in [6.07, 6.45) is 0.0229. The van der Waals surface area contributed by atoms with Gasteiger partial charge in [0, 0.05) is 22.2 Å². The van der Waals surface area contributed by atoms with Gasteiger partial charge < -0.3 is 15.8 Å². The highest BCUT2D eigenvalue weighted by Crippen LogP contribution is 2.28. The summed E-state index contributed by atoms with van der Waals surface area (Å²) < 4.78 is 5.11. The normalized spacial score (nSPS) is 10.7. The Morgan fingerprint density at radius 3 is 2.53 bits per heavy atom. The van der Waals surface area contributed by atoms with E-state index in [-0.39, 0.29) is 17.9 Å². The lowest BCUT2D eigenvalue weighted by atomic mass is 10.1. The molecule has 2 aromatic heterocycles. The van der Waals surface area contributed by atoms with Gasteiger partial charge in [-0.3, -0.25) is 9.59 Å². The van der Waals surface area contributed by atoms with Gasteiger partial charge in [-0.2, -0.15) is 0 Å². The topological polar surface area (TPSA) is 107 Å². The summed E-state index contributed by atoms with van der Waals surface area (Å²) in [4.78, 5) is 33.8. The van der Waals surface area contributed by atoms with Crippen LogP contribution in [0.4, 0.5) is 10.9 Å². The molecule has 0 aliphatic carbocycles. The molecule has 8 heteroatoms. The molecule has 1 amide bonds. The molecule has 0 saturated carbocycles. The molecule has 0 fully saturated rings. The number of primary amides is 1. The van der Waals surface area contributed by atoms with Crippen LogP contribution in [-0.4, -0.2) is 28.8 Å². The molecule has 30 heavy (non-hydrogen) atoms. The van der Waals surface area contributed by atoms with E-state index in [0.29, 0.717) is 27.1 Å². The number of benzene rings is 2. The van der Waals surface area contributed by atoms with Gasteiger partial charge in [0.05, 0.1) is 12.6 Å². The third-order valence-electron chi connectivity index (χ3n) is 4.50. The van der Waals surface area contributed by atoms with Crippen LogP contribution >= 0.6 is 11.3 Å². The van der Waals surface area contributed by atoms with E-state index in [0.717, 1.165) is 10.9 Å². The van der Waals surface area contributed by atoms with Gasteiger partial charge in [-0.1, -0.05) is 18.2 Å². The number of pyridine rings is 1. The van der Waals surface area contributed by atoms with E-state index in [9.17, 15) is 9.59 Å². The van der Waals surface area contributed by atoms with Crippen molar-refractivity contribution in [2.24, 2.45) is 5.73 Å². The zero-order valence-corrected chi connectivity index (χ0v) is 16.9. The molecule has 0 bridgehead atoms. The first-order valence-electron chi connectivity index (χ1n) is 9.13. The number of amides is 1. The summed E-state index contributed by atoms with van der Waals surface area (Å²) in [7, 11) is 1.56. The number of carbonyl (C=O) groups excluding carboxylic acids is 2. The maximum Gasteiger partial charge on any atom is 0.268 e. The fraction of sp³-hybridized carbons (Fsp3) is 0.0909. The van der Waals surface area contributed by atoms with Crippen molar-refractivity contribution in [1.29, 1.82) is 0 Å². The fourth-order valence-corrected chi connectivity index (χ4v) is 3.96. The van der Waals surface area contributed by atoms with Crippen LogP contribution in [-0.2, 0) is 6.42 Å². The zero-order chi connectivity index (χ0) is 21.1. The molecule has 0 atom stereocenters. The van der Waals surface area contributed by atoms with Gasteiger partial charge in [0.25, 0.3) is 5.91 Å². The number of nitrogens with zero attached hydrogens (tertiary/aromatic N) is 2. The van der Waals surface area contributed by atoms with Gasteiger partial charge in [0.2, 0.25) is 0 Å². The van der Waals surface area contributed by atoms with Crippen LogP contribution in [0.15, 0.2) is 60.7 Å². The molecule has 2 aromatic carbocycles. The second-order valence-corrected chi connectivity index (χ2v) is 7.58. The van der Waals surface area contributed by atoms with Crippen molar-refractivity contribution >= 4 is 44.9 Å². The Morgan fingerprint density at radius 2 is 1.80 bits per heavy atom. The number of nitrogens with two attached hydrogens (primary N) is 1. The van der Waals surface area contributed by atoms with Gasteiger partial charge >= 0.3 is 0 Å². The number of nitrogens with one attached hydrogen (secondary N) is 1. The van der Waals surface area contributed by atoms with Crippen LogP contribution in [0.25, 0.3) is 10.9 Å². The molecule has 0 aliphatic rings. The molecule has 3 N–H and O–H groups in total. The Kier molecular flexibility index (Phi) is 5.40. The van der Waals surface area contributed by atoms with E-state index < -0.39 is 5.91 Å². The second kappa shape index (κ2) is 8.30. The van der Waals surface area contributed by atoms with E-state index >= 15 is 0 Å². The minimum atomic E-state index is -0.677. The number of Topliss-reactive ketones (excluding diaryl/α,β-unsaturated/α-hetero) is 1. The number of rotatable bonds is 7. The summed E-state index contributed by atoms with van der Waals surface area (Å²) in [5.74, 6) is 0.436. The summed E-state index contributed by atoms with van der Waals surface area (Å²) in [5.41, 5.74) is 6.93. The van der Waals surface area contributed by atoms with E-state index in [1.165, 1.54) is 11.3 Å². The number of thiazole rings is 1. The fourth-order valence-electron chi connectivity index (χ4n) is 2.99. The van der Waals surface area contributed by atoms with Crippen LogP contribution in [0.5, 0.6) is 5.75 Å². The molecule has 0 unspecified atom stereocenters. The van der Waals surface area contributed by atoms with Crippen molar-refractivity contribution in [2.45, 2.75) is 6.42 Å². The minimum absolute atomic E-state index is 0.0229. The lowest BCUT2D eigenvalue weighted by molar-refractivity contribution is 0.0991. The Labute approximate surface area is 176 Å². The number of ether oxygens (including phenoxy) is 1. The molecule has 0 aliphatic heterocycles. The Hall–Kier alpha value is -3.78. The number of anilines is 2.